The zero-order valence-corrected chi connectivity index (χ0v) is 13.4. The predicted octanol–water partition coefficient (Wildman–Crippen LogP) is 4.47. The first-order valence-electron chi connectivity index (χ1n) is 8.08. The molecule has 1 aliphatic heterocycles. The van der Waals surface area contributed by atoms with Gasteiger partial charge in [-0.1, -0.05) is 18.7 Å². The third-order valence-electron chi connectivity index (χ3n) is 4.16. The van der Waals surface area contributed by atoms with Crippen LogP contribution in [0.1, 0.15) is 18.4 Å². The Balaban J connectivity index is 1.53. The molecule has 0 bridgehead atoms. The lowest BCUT2D eigenvalue weighted by Gasteiger charge is -2.07. The van der Waals surface area contributed by atoms with E-state index in [0.29, 0.717) is 0 Å². The first-order chi connectivity index (χ1) is 11.8. The number of aromatic nitrogens is 3. The fraction of sp³-hybridized carbons (Fsp3) is 0.150. The van der Waals surface area contributed by atoms with Crippen LogP contribution in [-0.2, 0) is 6.42 Å². The molecule has 118 valence electrons. The van der Waals surface area contributed by atoms with Gasteiger partial charge in [-0.25, -0.2) is 4.98 Å². The maximum atomic E-state index is 4.64. The number of aliphatic imine (C=N–C) groups is 1. The van der Waals surface area contributed by atoms with Crippen molar-refractivity contribution in [2.75, 3.05) is 0 Å². The van der Waals surface area contributed by atoms with Gasteiger partial charge in [0.05, 0.1) is 11.0 Å². The molecule has 4 rings (SSSR count). The molecular weight excluding hydrogens is 296 g/mol. The summed E-state index contributed by atoms with van der Waals surface area (Å²) in [6.07, 6.45) is 10.4. The summed E-state index contributed by atoms with van der Waals surface area (Å²) in [6.45, 7) is 3.92. The summed E-state index contributed by atoms with van der Waals surface area (Å²) in [6, 6.07) is 10.3. The first kappa shape index (κ1) is 14.6. The minimum absolute atomic E-state index is 0.855. The van der Waals surface area contributed by atoms with Crippen LogP contribution < -0.4 is 0 Å². The molecule has 0 unspecified atom stereocenters. The molecule has 4 nitrogen and oxygen atoms in total. The van der Waals surface area contributed by atoms with E-state index in [1.165, 1.54) is 5.56 Å². The second-order valence-corrected chi connectivity index (χ2v) is 5.99. The average Bonchev–Trinajstić information content (AvgIpc) is 3.05. The summed E-state index contributed by atoms with van der Waals surface area (Å²) in [4.78, 5) is 16.6. The number of aryl methyl sites for hydroxylation is 1. The Kier molecular flexibility index (Phi) is 3.79. The van der Waals surface area contributed by atoms with Crippen LogP contribution in [-0.4, -0.2) is 21.2 Å². The molecule has 2 aromatic heterocycles. The molecule has 0 aliphatic carbocycles. The zero-order chi connectivity index (χ0) is 16.4. The van der Waals surface area contributed by atoms with E-state index < -0.39 is 0 Å². The molecule has 4 heteroatoms. The molecule has 0 saturated heterocycles. The van der Waals surface area contributed by atoms with Gasteiger partial charge in [0.15, 0.2) is 0 Å². The molecule has 1 aromatic carbocycles. The van der Waals surface area contributed by atoms with Gasteiger partial charge in [-0.05, 0) is 54.7 Å². The molecular formula is C20H18N4. The number of rotatable bonds is 4. The average molecular weight is 314 g/mol. The van der Waals surface area contributed by atoms with Gasteiger partial charge in [-0.15, -0.1) is 0 Å². The number of fused-ring (bicyclic) bond motifs is 1. The van der Waals surface area contributed by atoms with Gasteiger partial charge in [0, 0.05) is 29.9 Å². The third-order valence-corrected chi connectivity index (χ3v) is 4.16. The summed E-state index contributed by atoms with van der Waals surface area (Å²) in [7, 11) is 0. The summed E-state index contributed by atoms with van der Waals surface area (Å²) in [5, 5.41) is 0. The van der Waals surface area contributed by atoms with E-state index in [9.17, 15) is 0 Å². The number of hydrogen-bond acceptors (Lipinski definition) is 3. The lowest BCUT2D eigenvalue weighted by molar-refractivity contribution is 0.915. The molecule has 0 atom stereocenters. The monoisotopic (exact) mass is 314 g/mol. The van der Waals surface area contributed by atoms with Crippen LogP contribution >= 0.6 is 0 Å². The van der Waals surface area contributed by atoms with Crippen molar-refractivity contribution in [1.82, 2.24) is 15.0 Å². The number of aromatic amines is 1. The molecule has 24 heavy (non-hydrogen) atoms. The van der Waals surface area contributed by atoms with Crippen LogP contribution in [0.3, 0.4) is 0 Å². The van der Waals surface area contributed by atoms with E-state index in [1.54, 1.807) is 6.20 Å². The van der Waals surface area contributed by atoms with E-state index in [0.717, 1.165) is 53.0 Å². The number of nitrogens with one attached hydrogen (secondary N) is 1. The Morgan fingerprint density at radius 3 is 2.92 bits per heavy atom. The van der Waals surface area contributed by atoms with Crippen LogP contribution in [0.2, 0.25) is 0 Å². The Labute approximate surface area is 140 Å². The number of nitrogens with zero attached hydrogens (tertiary/aromatic N) is 3. The first-order valence-corrected chi connectivity index (χ1v) is 8.08. The van der Waals surface area contributed by atoms with E-state index in [-0.39, 0.29) is 0 Å². The number of allylic oxidation sites excluding steroid dienone is 3. The lowest BCUT2D eigenvalue weighted by atomic mass is 10.1. The van der Waals surface area contributed by atoms with Gasteiger partial charge in [0.25, 0.3) is 0 Å². The van der Waals surface area contributed by atoms with Crippen LogP contribution in [0, 0.1) is 0 Å². The van der Waals surface area contributed by atoms with Gasteiger partial charge in [0.2, 0.25) is 0 Å². The van der Waals surface area contributed by atoms with E-state index in [4.69, 9.17) is 0 Å². The smallest absolute Gasteiger partial charge is 0.140 e. The molecule has 1 aliphatic rings. The van der Waals surface area contributed by atoms with Crippen molar-refractivity contribution in [3.63, 3.8) is 0 Å². The number of imidazole rings is 1. The Hall–Kier alpha value is -3.01. The lowest BCUT2D eigenvalue weighted by Crippen LogP contribution is -1.94. The maximum absolute atomic E-state index is 4.64. The van der Waals surface area contributed by atoms with Gasteiger partial charge >= 0.3 is 0 Å². The molecule has 0 fully saturated rings. The molecule has 3 heterocycles. The summed E-state index contributed by atoms with van der Waals surface area (Å²) in [5.41, 5.74) is 6.52. The SMILES string of the molecule is C=C1C=NC(CCc2ccc3nc(-c4cccnc4)[nH]c3c2)=CC1. The predicted molar refractivity (Wildman–Crippen MR) is 98.0 cm³/mol. The van der Waals surface area contributed by atoms with Crippen LogP contribution in [0.5, 0.6) is 0 Å². The van der Waals surface area contributed by atoms with E-state index in [2.05, 4.69) is 50.8 Å². The number of pyridine rings is 1. The zero-order valence-electron chi connectivity index (χ0n) is 13.4. The van der Waals surface area contributed by atoms with Crippen molar-refractivity contribution >= 4 is 17.2 Å². The topological polar surface area (TPSA) is 53.9 Å². The van der Waals surface area contributed by atoms with Crippen molar-refractivity contribution in [3.8, 4) is 11.4 Å². The van der Waals surface area contributed by atoms with Crippen molar-refractivity contribution < 1.29 is 0 Å². The second-order valence-electron chi connectivity index (χ2n) is 5.99. The van der Waals surface area contributed by atoms with E-state index in [1.807, 2.05) is 24.5 Å². The van der Waals surface area contributed by atoms with Crippen molar-refractivity contribution in [2.24, 2.45) is 4.99 Å². The number of H-pyrrole nitrogens is 1. The highest BCUT2D eigenvalue weighted by Gasteiger charge is 2.07. The Morgan fingerprint density at radius 1 is 1.17 bits per heavy atom. The highest BCUT2D eigenvalue weighted by Crippen LogP contribution is 2.22. The third kappa shape index (κ3) is 3.04. The van der Waals surface area contributed by atoms with Gasteiger partial charge in [0.1, 0.15) is 5.82 Å². The Bertz CT molecular complexity index is 948. The fourth-order valence-corrected chi connectivity index (χ4v) is 2.82. The van der Waals surface area contributed by atoms with Crippen LogP contribution in [0.4, 0.5) is 0 Å². The molecule has 0 radical (unpaired) electrons. The number of benzene rings is 1. The Morgan fingerprint density at radius 2 is 2.12 bits per heavy atom. The maximum Gasteiger partial charge on any atom is 0.140 e. The van der Waals surface area contributed by atoms with E-state index >= 15 is 0 Å². The highest BCUT2D eigenvalue weighted by molar-refractivity contribution is 5.80. The van der Waals surface area contributed by atoms with Crippen LogP contribution in [0.25, 0.3) is 22.4 Å². The fourth-order valence-electron chi connectivity index (χ4n) is 2.82. The highest BCUT2D eigenvalue weighted by atomic mass is 14.9. The molecule has 3 aromatic rings. The summed E-state index contributed by atoms with van der Waals surface area (Å²) in [5.74, 6) is 0.855. The summed E-state index contributed by atoms with van der Waals surface area (Å²) >= 11 is 0. The number of hydrogen-bond donors (Lipinski definition) is 1. The molecule has 0 spiro atoms. The molecule has 0 saturated carbocycles. The van der Waals surface area contributed by atoms with Crippen molar-refractivity contribution in [3.05, 3.63) is 72.2 Å². The molecule has 1 N–H and O–H groups in total. The summed E-state index contributed by atoms with van der Waals surface area (Å²) < 4.78 is 0. The van der Waals surface area contributed by atoms with Crippen LogP contribution in [0.15, 0.2) is 71.6 Å². The minimum Gasteiger partial charge on any atom is -0.338 e. The normalized spacial score (nSPS) is 14.2. The molecule has 0 amide bonds. The van der Waals surface area contributed by atoms with Gasteiger partial charge in [-0.3, -0.25) is 9.98 Å². The van der Waals surface area contributed by atoms with Gasteiger partial charge in [-0.2, -0.15) is 0 Å². The van der Waals surface area contributed by atoms with Gasteiger partial charge < -0.3 is 4.98 Å². The quantitative estimate of drug-likeness (QED) is 0.772. The standard InChI is InChI=1S/C20H18N4/c1-14-4-7-17(22-12-14)8-5-15-6-9-18-19(11-15)24-20(23-18)16-3-2-10-21-13-16/h2-3,6-7,9-13H,1,4-5,8H2,(H,23,24). The van der Waals surface area contributed by atoms with Crippen molar-refractivity contribution in [2.45, 2.75) is 19.3 Å². The second kappa shape index (κ2) is 6.24. The van der Waals surface area contributed by atoms with Crippen molar-refractivity contribution in [1.29, 1.82) is 0 Å². The minimum atomic E-state index is 0.855. The largest absolute Gasteiger partial charge is 0.338 e.